The van der Waals surface area contributed by atoms with Crippen LogP contribution in [0, 0.1) is 0 Å². The second-order valence-corrected chi connectivity index (χ2v) is 6.33. The van der Waals surface area contributed by atoms with Crippen LogP contribution in [-0.4, -0.2) is 17.6 Å². The molecule has 0 saturated heterocycles. The maximum Gasteiger partial charge on any atom is 0.119 e. The summed E-state index contributed by atoms with van der Waals surface area (Å²) in [5.74, 6) is 0.477. The molecule has 3 nitrogen and oxygen atoms in total. The molecule has 18 heavy (non-hydrogen) atoms. The molecule has 0 saturated carbocycles. The molecule has 104 valence electrons. The van der Waals surface area contributed by atoms with E-state index < -0.39 is 0 Å². The number of hydrogen-bond donors (Lipinski definition) is 1. The van der Waals surface area contributed by atoms with Crippen LogP contribution in [0.15, 0.2) is 0 Å². The fourth-order valence-electron chi connectivity index (χ4n) is 1.65. The highest BCUT2D eigenvalue weighted by Crippen LogP contribution is 2.25. The van der Waals surface area contributed by atoms with E-state index in [1.165, 1.54) is 10.6 Å². The van der Waals surface area contributed by atoms with Gasteiger partial charge in [-0.3, -0.25) is 0 Å². The molecule has 0 aliphatic heterocycles. The van der Waals surface area contributed by atoms with E-state index in [9.17, 15) is 0 Å². The predicted molar refractivity (Wildman–Crippen MR) is 78.1 cm³/mol. The number of nitrogens with zero attached hydrogens (tertiary/aromatic N) is 1. The summed E-state index contributed by atoms with van der Waals surface area (Å²) in [4.78, 5) is 6.07. The molecule has 1 rings (SSSR count). The third kappa shape index (κ3) is 5.04. The molecule has 1 aromatic heterocycles. The Hall–Kier alpha value is -0.450. The highest BCUT2D eigenvalue weighted by atomic mass is 32.1. The van der Waals surface area contributed by atoms with Gasteiger partial charge in [-0.1, -0.05) is 34.6 Å². The lowest BCUT2D eigenvalue weighted by Crippen LogP contribution is -2.22. The summed E-state index contributed by atoms with van der Waals surface area (Å²) in [5.41, 5.74) is 1.23. The summed E-state index contributed by atoms with van der Waals surface area (Å²) in [7, 11) is 0. The molecule has 0 aliphatic carbocycles. The lowest BCUT2D eigenvalue weighted by Gasteiger charge is -2.09. The Kier molecular flexibility index (Phi) is 6.82. The van der Waals surface area contributed by atoms with E-state index in [0.717, 1.165) is 24.6 Å². The molecule has 0 fully saturated rings. The van der Waals surface area contributed by atoms with E-state index in [4.69, 9.17) is 9.72 Å². The summed E-state index contributed by atoms with van der Waals surface area (Å²) in [6.45, 7) is 13.2. The van der Waals surface area contributed by atoms with Gasteiger partial charge in [0.25, 0.3) is 0 Å². The van der Waals surface area contributed by atoms with Gasteiger partial charge in [0.1, 0.15) is 5.01 Å². The number of nitrogens with one attached hydrogen (secondary N) is 1. The van der Waals surface area contributed by atoms with Gasteiger partial charge in [-0.25, -0.2) is 4.98 Å². The lowest BCUT2D eigenvalue weighted by atomic mass is 10.1. The standard InChI is InChI=1S/C14H26N2OS/c1-6-7-17-9-13-16-14(10(2)3)12(18-13)8-15-11(4)5/h10-11,15H,6-9H2,1-5H3. The first-order chi connectivity index (χ1) is 8.54. The van der Waals surface area contributed by atoms with Gasteiger partial charge in [0.05, 0.1) is 12.3 Å². The normalized spacial score (nSPS) is 11.7. The quantitative estimate of drug-likeness (QED) is 0.732. The summed E-state index contributed by atoms with van der Waals surface area (Å²) >= 11 is 1.78. The minimum atomic E-state index is 0.477. The molecule has 0 spiro atoms. The Labute approximate surface area is 115 Å². The monoisotopic (exact) mass is 270 g/mol. The van der Waals surface area contributed by atoms with Crippen LogP contribution in [0.25, 0.3) is 0 Å². The Bertz CT molecular complexity index is 348. The van der Waals surface area contributed by atoms with Crippen molar-refractivity contribution in [2.24, 2.45) is 0 Å². The van der Waals surface area contributed by atoms with Gasteiger partial charge in [0.2, 0.25) is 0 Å². The molecule has 0 aliphatic rings. The molecule has 1 N–H and O–H groups in total. The van der Waals surface area contributed by atoms with Crippen molar-refractivity contribution < 1.29 is 4.74 Å². The molecule has 0 aromatic carbocycles. The average molecular weight is 270 g/mol. The molecule has 0 radical (unpaired) electrons. The van der Waals surface area contributed by atoms with Crippen molar-refractivity contribution in [1.82, 2.24) is 10.3 Å². The van der Waals surface area contributed by atoms with Crippen molar-refractivity contribution in [2.45, 2.75) is 66.2 Å². The third-order valence-electron chi connectivity index (χ3n) is 2.56. The van der Waals surface area contributed by atoms with Crippen molar-refractivity contribution in [3.63, 3.8) is 0 Å². The molecule has 1 aromatic rings. The van der Waals surface area contributed by atoms with Crippen molar-refractivity contribution in [1.29, 1.82) is 0 Å². The molecule has 1 heterocycles. The van der Waals surface area contributed by atoms with E-state index in [2.05, 4.69) is 39.9 Å². The van der Waals surface area contributed by atoms with Crippen molar-refractivity contribution in [3.05, 3.63) is 15.6 Å². The molecular weight excluding hydrogens is 244 g/mol. The van der Waals surface area contributed by atoms with Gasteiger partial charge in [-0.2, -0.15) is 0 Å². The van der Waals surface area contributed by atoms with Crippen LogP contribution in [0.2, 0.25) is 0 Å². The van der Waals surface area contributed by atoms with E-state index >= 15 is 0 Å². The van der Waals surface area contributed by atoms with Crippen LogP contribution in [0.1, 0.15) is 62.5 Å². The topological polar surface area (TPSA) is 34.1 Å². The number of thiazole rings is 1. The first kappa shape index (κ1) is 15.6. The molecule has 4 heteroatoms. The number of rotatable bonds is 8. The smallest absolute Gasteiger partial charge is 0.119 e. The van der Waals surface area contributed by atoms with Gasteiger partial charge in [0, 0.05) is 24.1 Å². The minimum absolute atomic E-state index is 0.477. The Morgan fingerprint density at radius 3 is 2.56 bits per heavy atom. The van der Waals surface area contributed by atoms with Crippen LogP contribution in [0.3, 0.4) is 0 Å². The molecule has 0 bridgehead atoms. The number of aromatic nitrogens is 1. The van der Waals surface area contributed by atoms with E-state index in [-0.39, 0.29) is 0 Å². The predicted octanol–water partition coefficient (Wildman–Crippen LogP) is 3.69. The zero-order valence-electron chi connectivity index (χ0n) is 12.2. The SMILES string of the molecule is CCCOCc1nc(C(C)C)c(CNC(C)C)s1. The zero-order chi connectivity index (χ0) is 13.5. The van der Waals surface area contributed by atoms with Gasteiger partial charge < -0.3 is 10.1 Å². The number of hydrogen-bond acceptors (Lipinski definition) is 4. The van der Waals surface area contributed by atoms with E-state index in [1.807, 2.05) is 0 Å². The van der Waals surface area contributed by atoms with Crippen LogP contribution in [0.5, 0.6) is 0 Å². The second kappa shape index (κ2) is 7.87. The maximum atomic E-state index is 5.57. The molecule has 0 unspecified atom stereocenters. The fraction of sp³-hybridized carbons (Fsp3) is 0.786. The Morgan fingerprint density at radius 1 is 1.28 bits per heavy atom. The van der Waals surface area contributed by atoms with E-state index in [0.29, 0.717) is 18.6 Å². The van der Waals surface area contributed by atoms with Gasteiger partial charge in [-0.05, 0) is 12.3 Å². The van der Waals surface area contributed by atoms with Crippen molar-refractivity contribution in [3.8, 4) is 0 Å². The van der Waals surface area contributed by atoms with Crippen LogP contribution < -0.4 is 5.32 Å². The molecule has 0 atom stereocenters. The second-order valence-electron chi connectivity index (χ2n) is 5.16. The van der Waals surface area contributed by atoms with Crippen LogP contribution in [-0.2, 0) is 17.9 Å². The first-order valence-corrected chi connectivity index (χ1v) is 7.65. The van der Waals surface area contributed by atoms with Crippen LogP contribution in [0.4, 0.5) is 0 Å². The highest BCUT2D eigenvalue weighted by Gasteiger charge is 2.14. The summed E-state index contributed by atoms with van der Waals surface area (Å²) in [6, 6.07) is 0.506. The third-order valence-corrected chi connectivity index (χ3v) is 3.61. The lowest BCUT2D eigenvalue weighted by molar-refractivity contribution is 0.121. The zero-order valence-corrected chi connectivity index (χ0v) is 13.1. The van der Waals surface area contributed by atoms with Gasteiger partial charge in [-0.15, -0.1) is 11.3 Å². The van der Waals surface area contributed by atoms with Crippen molar-refractivity contribution >= 4 is 11.3 Å². The fourth-order valence-corrected chi connectivity index (χ4v) is 2.77. The maximum absolute atomic E-state index is 5.57. The summed E-state index contributed by atoms with van der Waals surface area (Å²) in [6.07, 6.45) is 1.06. The number of ether oxygens (including phenoxy) is 1. The van der Waals surface area contributed by atoms with E-state index in [1.54, 1.807) is 11.3 Å². The Morgan fingerprint density at radius 2 is 2.00 bits per heavy atom. The highest BCUT2D eigenvalue weighted by molar-refractivity contribution is 7.11. The average Bonchev–Trinajstić information content (AvgIpc) is 2.70. The summed E-state index contributed by atoms with van der Waals surface area (Å²) < 4.78 is 5.57. The van der Waals surface area contributed by atoms with Crippen LogP contribution >= 0.6 is 11.3 Å². The Balaban J connectivity index is 2.67. The van der Waals surface area contributed by atoms with Gasteiger partial charge >= 0.3 is 0 Å². The summed E-state index contributed by atoms with van der Waals surface area (Å²) in [5, 5.41) is 4.57. The largest absolute Gasteiger partial charge is 0.374 e. The van der Waals surface area contributed by atoms with Gasteiger partial charge in [0.15, 0.2) is 0 Å². The minimum Gasteiger partial charge on any atom is -0.374 e. The molecular formula is C14H26N2OS. The van der Waals surface area contributed by atoms with Crippen molar-refractivity contribution in [2.75, 3.05) is 6.61 Å². The first-order valence-electron chi connectivity index (χ1n) is 6.84. The molecule has 0 amide bonds.